The molecule has 0 saturated heterocycles. The van der Waals surface area contributed by atoms with Crippen molar-refractivity contribution in [1.29, 1.82) is 0 Å². The van der Waals surface area contributed by atoms with Crippen LogP contribution in [-0.2, 0) is 9.53 Å². The Hall–Kier alpha value is -1.01. The second-order valence-corrected chi connectivity index (χ2v) is 2.68. The maximum absolute atomic E-state index is 10.7. The summed E-state index contributed by atoms with van der Waals surface area (Å²) >= 11 is 0. The van der Waals surface area contributed by atoms with Gasteiger partial charge in [0, 0.05) is 12.0 Å². The predicted molar refractivity (Wildman–Crippen MR) is 45.4 cm³/mol. The molecule has 12 heavy (non-hydrogen) atoms. The molecule has 0 aromatic heterocycles. The lowest BCUT2D eigenvalue weighted by Gasteiger charge is -1.92. The van der Waals surface area contributed by atoms with Crippen LogP contribution in [0.2, 0.25) is 0 Å². The SMILES string of the molecule is CCOC(=O)C#CCNC1CC1. The molecule has 0 amide bonds. The second-order valence-electron chi connectivity index (χ2n) is 2.68. The van der Waals surface area contributed by atoms with Gasteiger partial charge in [0.05, 0.1) is 13.2 Å². The molecule has 0 heterocycles. The molecule has 1 aliphatic carbocycles. The minimum absolute atomic E-state index is 0.392. The first-order valence-electron chi connectivity index (χ1n) is 4.22. The number of rotatable bonds is 3. The second kappa shape index (κ2) is 4.78. The number of ether oxygens (including phenoxy) is 1. The summed E-state index contributed by atoms with van der Waals surface area (Å²) in [6, 6.07) is 0.640. The van der Waals surface area contributed by atoms with E-state index in [4.69, 9.17) is 0 Å². The average Bonchev–Trinajstić information content (AvgIpc) is 2.82. The molecule has 3 heteroatoms. The lowest BCUT2D eigenvalue weighted by atomic mass is 10.5. The van der Waals surface area contributed by atoms with E-state index in [1.165, 1.54) is 12.8 Å². The Kier molecular flexibility index (Phi) is 3.62. The lowest BCUT2D eigenvalue weighted by Crippen LogP contribution is -2.16. The van der Waals surface area contributed by atoms with E-state index >= 15 is 0 Å². The summed E-state index contributed by atoms with van der Waals surface area (Å²) in [7, 11) is 0. The van der Waals surface area contributed by atoms with E-state index in [2.05, 4.69) is 21.9 Å². The van der Waals surface area contributed by atoms with Crippen molar-refractivity contribution < 1.29 is 9.53 Å². The summed E-state index contributed by atoms with van der Waals surface area (Å²) in [5.41, 5.74) is 0. The van der Waals surface area contributed by atoms with Crippen molar-refractivity contribution >= 4 is 5.97 Å². The third kappa shape index (κ3) is 3.99. The highest BCUT2D eigenvalue weighted by Crippen LogP contribution is 2.17. The minimum Gasteiger partial charge on any atom is -0.456 e. The van der Waals surface area contributed by atoms with E-state index in [0.29, 0.717) is 19.2 Å². The van der Waals surface area contributed by atoms with Crippen molar-refractivity contribution in [3.8, 4) is 11.8 Å². The summed E-state index contributed by atoms with van der Waals surface area (Å²) in [6.45, 7) is 2.75. The molecule has 3 nitrogen and oxygen atoms in total. The number of hydrogen-bond acceptors (Lipinski definition) is 3. The minimum atomic E-state index is -0.435. The van der Waals surface area contributed by atoms with Gasteiger partial charge in [0.15, 0.2) is 0 Å². The van der Waals surface area contributed by atoms with Crippen LogP contribution in [-0.4, -0.2) is 25.2 Å². The Morgan fingerprint density at radius 1 is 1.67 bits per heavy atom. The fourth-order valence-electron chi connectivity index (χ4n) is 0.766. The average molecular weight is 167 g/mol. The molecule has 1 saturated carbocycles. The Bertz CT molecular complexity index is 210. The Morgan fingerprint density at radius 2 is 2.42 bits per heavy atom. The summed E-state index contributed by atoms with van der Waals surface area (Å²) < 4.78 is 4.62. The van der Waals surface area contributed by atoms with Gasteiger partial charge in [0.1, 0.15) is 0 Å². The van der Waals surface area contributed by atoms with Gasteiger partial charge in [-0.3, -0.25) is 0 Å². The van der Waals surface area contributed by atoms with Crippen molar-refractivity contribution in [1.82, 2.24) is 5.32 Å². The van der Waals surface area contributed by atoms with Crippen LogP contribution >= 0.6 is 0 Å². The fraction of sp³-hybridized carbons (Fsp3) is 0.667. The number of nitrogens with one attached hydrogen (secondary N) is 1. The maximum Gasteiger partial charge on any atom is 0.384 e. The zero-order valence-corrected chi connectivity index (χ0v) is 7.22. The van der Waals surface area contributed by atoms with Gasteiger partial charge >= 0.3 is 5.97 Å². The molecule has 0 radical (unpaired) electrons. The third-order valence-corrected chi connectivity index (χ3v) is 1.52. The van der Waals surface area contributed by atoms with E-state index in [1.54, 1.807) is 6.92 Å². The quantitative estimate of drug-likeness (QED) is 0.373. The molecule has 0 unspecified atom stereocenters. The summed E-state index contributed by atoms with van der Waals surface area (Å²) in [5.74, 6) is 4.66. The van der Waals surface area contributed by atoms with Gasteiger partial charge in [-0.2, -0.15) is 0 Å². The molecule has 0 bridgehead atoms. The monoisotopic (exact) mass is 167 g/mol. The predicted octanol–water partition coefficient (Wildman–Crippen LogP) is 0.305. The van der Waals surface area contributed by atoms with E-state index in [1.807, 2.05) is 0 Å². The zero-order valence-electron chi connectivity index (χ0n) is 7.22. The van der Waals surface area contributed by atoms with Gasteiger partial charge in [-0.1, -0.05) is 5.92 Å². The highest BCUT2D eigenvalue weighted by atomic mass is 16.5. The smallest absolute Gasteiger partial charge is 0.384 e. The molecule has 1 N–H and O–H groups in total. The molecule has 0 spiro atoms. The van der Waals surface area contributed by atoms with Gasteiger partial charge in [-0.05, 0) is 19.8 Å². The molecule has 0 aromatic carbocycles. The van der Waals surface area contributed by atoms with Gasteiger partial charge in [-0.25, -0.2) is 4.79 Å². The first-order chi connectivity index (χ1) is 5.83. The Balaban J connectivity index is 2.04. The van der Waals surface area contributed by atoms with Crippen LogP contribution in [0.5, 0.6) is 0 Å². The van der Waals surface area contributed by atoms with E-state index in [9.17, 15) is 4.79 Å². The number of hydrogen-bond donors (Lipinski definition) is 1. The Morgan fingerprint density at radius 3 is 3.00 bits per heavy atom. The fourth-order valence-corrected chi connectivity index (χ4v) is 0.766. The molecule has 0 atom stereocenters. The molecule has 0 aliphatic heterocycles. The molecule has 1 fully saturated rings. The van der Waals surface area contributed by atoms with Crippen molar-refractivity contribution in [2.45, 2.75) is 25.8 Å². The molecule has 0 aromatic rings. The highest BCUT2D eigenvalue weighted by molar-refractivity contribution is 5.88. The normalized spacial score (nSPS) is 14.8. The van der Waals surface area contributed by atoms with Crippen LogP contribution in [0.3, 0.4) is 0 Å². The number of carbonyl (C=O) groups excluding carboxylic acids is 1. The zero-order chi connectivity index (χ0) is 8.81. The van der Waals surface area contributed by atoms with E-state index < -0.39 is 5.97 Å². The van der Waals surface area contributed by atoms with Crippen LogP contribution in [0.25, 0.3) is 0 Å². The number of carbonyl (C=O) groups is 1. The summed E-state index contributed by atoms with van der Waals surface area (Å²) in [6.07, 6.45) is 2.47. The summed E-state index contributed by atoms with van der Waals surface area (Å²) in [5, 5.41) is 3.17. The highest BCUT2D eigenvalue weighted by Gasteiger charge is 2.19. The maximum atomic E-state index is 10.7. The largest absolute Gasteiger partial charge is 0.456 e. The van der Waals surface area contributed by atoms with E-state index in [-0.39, 0.29) is 0 Å². The van der Waals surface area contributed by atoms with Gasteiger partial charge in [0.25, 0.3) is 0 Å². The van der Waals surface area contributed by atoms with Gasteiger partial charge in [-0.15, -0.1) is 0 Å². The first kappa shape index (κ1) is 9.08. The third-order valence-electron chi connectivity index (χ3n) is 1.52. The summed E-state index contributed by atoms with van der Waals surface area (Å²) in [4.78, 5) is 10.7. The molecule has 1 aliphatic rings. The van der Waals surface area contributed by atoms with Crippen LogP contribution in [0.15, 0.2) is 0 Å². The molecule has 66 valence electrons. The van der Waals surface area contributed by atoms with Gasteiger partial charge < -0.3 is 10.1 Å². The van der Waals surface area contributed by atoms with Crippen LogP contribution in [0, 0.1) is 11.8 Å². The van der Waals surface area contributed by atoms with Gasteiger partial charge in [0.2, 0.25) is 0 Å². The van der Waals surface area contributed by atoms with Crippen molar-refractivity contribution in [2.24, 2.45) is 0 Å². The molecular weight excluding hydrogens is 154 g/mol. The standard InChI is InChI=1S/C9H13NO2/c1-2-12-9(11)4-3-7-10-8-5-6-8/h8,10H,2,5-7H2,1H3. The molecular formula is C9H13NO2. The Labute approximate surface area is 72.5 Å². The van der Waals surface area contributed by atoms with Crippen molar-refractivity contribution in [2.75, 3.05) is 13.2 Å². The van der Waals surface area contributed by atoms with E-state index in [0.717, 1.165) is 0 Å². The first-order valence-corrected chi connectivity index (χ1v) is 4.22. The van der Waals surface area contributed by atoms with Crippen LogP contribution in [0.1, 0.15) is 19.8 Å². The number of esters is 1. The molecule has 1 rings (SSSR count). The van der Waals surface area contributed by atoms with Crippen LogP contribution in [0.4, 0.5) is 0 Å². The lowest BCUT2D eigenvalue weighted by molar-refractivity contribution is -0.136. The van der Waals surface area contributed by atoms with Crippen molar-refractivity contribution in [3.05, 3.63) is 0 Å². The topological polar surface area (TPSA) is 38.3 Å². The van der Waals surface area contributed by atoms with Crippen molar-refractivity contribution in [3.63, 3.8) is 0 Å². The van der Waals surface area contributed by atoms with Crippen LogP contribution < -0.4 is 5.32 Å².